The summed E-state index contributed by atoms with van der Waals surface area (Å²) in [6, 6.07) is 13.6. The zero-order valence-electron chi connectivity index (χ0n) is 10.4. The van der Waals surface area contributed by atoms with Crippen molar-refractivity contribution in [2.45, 2.75) is 19.3 Å². The van der Waals surface area contributed by atoms with Crippen molar-refractivity contribution in [1.29, 1.82) is 0 Å². The van der Waals surface area contributed by atoms with E-state index in [9.17, 15) is 4.79 Å². The third kappa shape index (κ3) is 2.71. The molecule has 0 atom stereocenters. The Hall–Kier alpha value is -1.61. The fourth-order valence-corrected chi connectivity index (χ4v) is 2.88. The predicted molar refractivity (Wildman–Crippen MR) is 80.6 cm³/mol. The molecule has 0 aliphatic heterocycles. The van der Waals surface area contributed by atoms with E-state index in [0.717, 1.165) is 28.6 Å². The van der Waals surface area contributed by atoms with Gasteiger partial charge in [0.25, 0.3) is 5.91 Å². The summed E-state index contributed by atoms with van der Waals surface area (Å²) < 4.78 is 0.958. The highest BCUT2D eigenvalue weighted by Gasteiger charge is 2.13. The molecule has 0 fully saturated rings. The van der Waals surface area contributed by atoms with Crippen molar-refractivity contribution in [1.82, 2.24) is 0 Å². The standard InChI is InChI=1S/C16H14BrNO/c17-14-5-2-6-15(10-14)18-16(19)13-8-7-11-3-1-4-12(11)9-13/h2,5-10H,1,3-4H2,(H,18,19). The highest BCUT2D eigenvalue weighted by molar-refractivity contribution is 9.10. The molecule has 0 unspecified atom stereocenters. The van der Waals surface area contributed by atoms with E-state index in [0.29, 0.717) is 0 Å². The second-order valence-electron chi connectivity index (χ2n) is 4.80. The second-order valence-corrected chi connectivity index (χ2v) is 5.72. The zero-order valence-corrected chi connectivity index (χ0v) is 12.0. The van der Waals surface area contributed by atoms with Gasteiger partial charge >= 0.3 is 0 Å². The number of hydrogen-bond donors (Lipinski definition) is 1. The molecule has 19 heavy (non-hydrogen) atoms. The fraction of sp³-hybridized carbons (Fsp3) is 0.188. The van der Waals surface area contributed by atoms with Crippen LogP contribution in [-0.2, 0) is 12.8 Å². The molecule has 1 amide bonds. The molecule has 3 heteroatoms. The Kier molecular flexibility index (Phi) is 3.38. The minimum Gasteiger partial charge on any atom is -0.322 e. The quantitative estimate of drug-likeness (QED) is 0.884. The third-order valence-corrected chi connectivity index (χ3v) is 3.94. The number of amides is 1. The van der Waals surface area contributed by atoms with Crippen LogP contribution in [0, 0.1) is 0 Å². The fourth-order valence-electron chi connectivity index (χ4n) is 2.48. The van der Waals surface area contributed by atoms with Crippen LogP contribution >= 0.6 is 15.9 Å². The molecule has 2 aromatic rings. The van der Waals surface area contributed by atoms with Crippen LogP contribution in [0.5, 0.6) is 0 Å². The van der Waals surface area contributed by atoms with Crippen molar-refractivity contribution in [2.75, 3.05) is 5.32 Å². The van der Waals surface area contributed by atoms with Gasteiger partial charge in [-0.1, -0.05) is 28.1 Å². The molecule has 0 heterocycles. The number of aryl methyl sites for hydroxylation is 2. The SMILES string of the molecule is O=C(Nc1cccc(Br)c1)c1ccc2c(c1)CCC2. The first-order chi connectivity index (χ1) is 9.22. The smallest absolute Gasteiger partial charge is 0.255 e. The maximum absolute atomic E-state index is 12.2. The van der Waals surface area contributed by atoms with Crippen molar-refractivity contribution in [2.24, 2.45) is 0 Å². The Morgan fingerprint density at radius 2 is 1.89 bits per heavy atom. The van der Waals surface area contributed by atoms with E-state index in [1.807, 2.05) is 36.4 Å². The Morgan fingerprint density at radius 1 is 1.05 bits per heavy atom. The minimum absolute atomic E-state index is 0.0483. The van der Waals surface area contributed by atoms with E-state index >= 15 is 0 Å². The first-order valence-electron chi connectivity index (χ1n) is 6.41. The highest BCUT2D eigenvalue weighted by Crippen LogP contribution is 2.23. The second kappa shape index (κ2) is 5.17. The lowest BCUT2D eigenvalue weighted by Gasteiger charge is -2.07. The minimum atomic E-state index is -0.0483. The first-order valence-corrected chi connectivity index (χ1v) is 7.20. The lowest BCUT2D eigenvalue weighted by Crippen LogP contribution is -2.12. The van der Waals surface area contributed by atoms with Gasteiger partial charge in [-0.3, -0.25) is 4.79 Å². The molecule has 0 aromatic heterocycles. The maximum atomic E-state index is 12.2. The van der Waals surface area contributed by atoms with Crippen LogP contribution in [0.3, 0.4) is 0 Å². The van der Waals surface area contributed by atoms with E-state index in [4.69, 9.17) is 0 Å². The molecule has 2 aromatic carbocycles. The number of rotatable bonds is 2. The normalized spacial score (nSPS) is 13.1. The molecule has 0 bridgehead atoms. The molecule has 0 radical (unpaired) electrons. The lowest BCUT2D eigenvalue weighted by molar-refractivity contribution is 0.102. The number of benzene rings is 2. The Morgan fingerprint density at radius 3 is 2.74 bits per heavy atom. The maximum Gasteiger partial charge on any atom is 0.255 e. The molecule has 1 N–H and O–H groups in total. The van der Waals surface area contributed by atoms with Gasteiger partial charge in [0.1, 0.15) is 0 Å². The van der Waals surface area contributed by atoms with Crippen molar-refractivity contribution in [3.63, 3.8) is 0 Å². The van der Waals surface area contributed by atoms with E-state index in [1.165, 1.54) is 17.5 Å². The van der Waals surface area contributed by atoms with Gasteiger partial charge in [0, 0.05) is 15.7 Å². The van der Waals surface area contributed by atoms with Gasteiger partial charge in [-0.2, -0.15) is 0 Å². The van der Waals surface area contributed by atoms with Gasteiger partial charge in [-0.15, -0.1) is 0 Å². The summed E-state index contributed by atoms with van der Waals surface area (Å²) in [5.41, 5.74) is 4.25. The van der Waals surface area contributed by atoms with E-state index in [-0.39, 0.29) is 5.91 Å². The molecular weight excluding hydrogens is 302 g/mol. The average Bonchev–Trinajstić information content (AvgIpc) is 2.85. The van der Waals surface area contributed by atoms with Crippen molar-refractivity contribution in [3.8, 4) is 0 Å². The molecular formula is C16H14BrNO. The summed E-state index contributed by atoms with van der Waals surface area (Å²) in [7, 11) is 0. The number of fused-ring (bicyclic) bond motifs is 1. The molecule has 0 saturated carbocycles. The van der Waals surface area contributed by atoms with E-state index in [2.05, 4.69) is 27.3 Å². The third-order valence-electron chi connectivity index (χ3n) is 3.44. The number of carbonyl (C=O) groups is 1. The van der Waals surface area contributed by atoms with Crippen molar-refractivity contribution < 1.29 is 4.79 Å². The molecule has 0 spiro atoms. The Bertz CT molecular complexity index is 636. The molecule has 0 saturated heterocycles. The summed E-state index contributed by atoms with van der Waals surface area (Å²) in [6.07, 6.45) is 3.43. The van der Waals surface area contributed by atoms with Gasteiger partial charge in [-0.25, -0.2) is 0 Å². The van der Waals surface area contributed by atoms with Gasteiger partial charge in [-0.05, 0) is 60.7 Å². The average molecular weight is 316 g/mol. The molecule has 1 aliphatic carbocycles. The molecule has 96 valence electrons. The van der Waals surface area contributed by atoms with Crippen LogP contribution in [0.1, 0.15) is 27.9 Å². The summed E-state index contributed by atoms with van der Waals surface area (Å²) in [5.74, 6) is -0.0483. The summed E-state index contributed by atoms with van der Waals surface area (Å²) in [5, 5.41) is 2.92. The predicted octanol–water partition coefficient (Wildman–Crippen LogP) is 4.19. The lowest BCUT2D eigenvalue weighted by atomic mass is 10.1. The Labute approximate surface area is 121 Å². The number of nitrogens with one attached hydrogen (secondary N) is 1. The van der Waals surface area contributed by atoms with Crippen LogP contribution < -0.4 is 5.32 Å². The Balaban J connectivity index is 1.81. The largest absolute Gasteiger partial charge is 0.322 e. The van der Waals surface area contributed by atoms with Crippen molar-refractivity contribution >= 4 is 27.5 Å². The number of carbonyl (C=O) groups excluding carboxylic acids is 1. The van der Waals surface area contributed by atoms with Crippen molar-refractivity contribution in [3.05, 3.63) is 63.6 Å². The molecule has 2 nitrogen and oxygen atoms in total. The van der Waals surface area contributed by atoms with E-state index in [1.54, 1.807) is 0 Å². The highest BCUT2D eigenvalue weighted by atomic mass is 79.9. The monoisotopic (exact) mass is 315 g/mol. The van der Waals surface area contributed by atoms with Crippen LogP contribution in [0.4, 0.5) is 5.69 Å². The number of anilines is 1. The molecule has 1 aliphatic rings. The number of halogens is 1. The van der Waals surface area contributed by atoms with E-state index < -0.39 is 0 Å². The summed E-state index contributed by atoms with van der Waals surface area (Å²) in [4.78, 5) is 12.2. The van der Waals surface area contributed by atoms with Gasteiger partial charge in [0.2, 0.25) is 0 Å². The van der Waals surface area contributed by atoms with Crippen LogP contribution in [0.15, 0.2) is 46.9 Å². The van der Waals surface area contributed by atoms with Crippen LogP contribution in [-0.4, -0.2) is 5.91 Å². The van der Waals surface area contributed by atoms with Gasteiger partial charge < -0.3 is 5.32 Å². The van der Waals surface area contributed by atoms with Gasteiger partial charge in [0.05, 0.1) is 0 Å². The summed E-state index contributed by atoms with van der Waals surface area (Å²) >= 11 is 3.40. The topological polar surface area (TPSA) is 29.1 Å². The van der Waals surface area contributed by atoms with Gasteiger partial charge in [0.15, 0.2) is 0 Å². The summed E-state index contributed by atoms with van der Waals surface area (Å²) in [6.45, 7) is 0. The van der Waals surface area contributed by atoms with Crippen LogP contribution in [0.25, 0.3) is 0 Å². The van der Waals surface area contributed by atoms with Crippen LogP contribution in [0.2, 0.25) is 0 Å². The zero-order chi connectivity index (χ0) is 13.2. The first kappa shape index (κ1) is 12.4. The number of hydrogen-bond acceptors (Lipinski definition) is 1. The molecule has 3 rings (SSSR count).